The quantitative estimate of drug-likeness (QED) is 0.596. The van der Waals surface area contributed by atoms with E-state index in [0.29, 0.717) is 18.1 Å². The molecule has 1 aromatic carbocycles. The van der Waals surface area contributed by atoms with Crippen LogP contribution in [0.1, 0.15) is 10.4 Å². The van der Waals surface area contributed by atoms with Gasteiger partial charge in [0.15, 0.2) is 11.5 Å². The van der Waals surface area contributed by atoms with Gasteiger partial charge in [0.05, 0.1) is 25.0 Å². The molecule has 0 aliphatic carbocycles. The maximum atomic E-state index is 10.9. The molecular weight excluding hydrogens is 242 g/mol. The molecule has 0 atom stereocenters. The van der Waals surface area contributed by atoms with E-state index in [1.54, 1.807) is 11.8 Å². The van der Waals surface area contributed by atoms with E-state index in [4.69, 9.17) is 20.3 Å². The number of thioether (sulfide) groups is 1. The third-order valence-corrected chi connectivity index (χ3v) is 2.69. The number of rotatable bonds is 6. The van der Waals surface area contributed by atoms with Gasteiger partial charge in [-0.05, 0) is 6.26 Å². The summed E-state index contributed by atoms with van der Waals surface area (Å²) in [5.41, 5.74) is 5.78. The number of hydrogen-bond acceptors (Lipinski definition) is 5. The first kappa shape index (κ1) is 13.5. The van der Waals surface area contributed by atoms with Gasteiger partial charge in [0.25, 0.3) is 0 Å². The highest BCUT2D eigenvalue weighted by Crippen LogP contribution is 2.32. The molecule has 1 rings (SSSR count). The Bertz CT molecular complexity index is 409. The van der Waals surface area contributed by atoms with Crippen LogP contribution < -0.4 is 15.2 Å². The fraction of sp³-hybridized carbons (Fsp3) is 0.364. The fourth-order valence-corrected chi connectivity index (χ4v) is 1.52. The second-order valence-electron chi connectivity index (χ2n) is 3.24. The number of methoxy groups -OCH3 is 1. The Morgan fingerprint density at radius 2 is 2.18 bits per heavy atom. The molecule has 5 nitrogen and oxygen atoms in total. The Kier molecular flexibility index (Phi) is 4.96. The van der Waals surface area contributed by atoms with Crippen LogP contribution in [0.2, 0.25) is 0 Å². The zero-order valence-electron chi connectivity index (χ0n) is 9.73. The van der Waals surface area contributed by atoms with Crippen LogP contribution >= 0.6 is 11.8 Å². The summed E-state index contributed by atoms with van der Waals surface area (Å²) in [7, 11) is 1.48. The van der Waals surface area contributed by atoms with Crippen LogP contribution in [0.5, 0.6) is 11.5 Å². The van der Waals surface area contributed by atoms with Crippen molar-refractivity contribution in [1.29, 1.82) is 0 Å². The highest BCUT2D eigenvalue weighted by atomic mass is 32.2. The molecule has 0 radical (unpaired) electrons. The third-order valence-electron chi connectivity index (χ3n) is 2.11. The van der Waals surface area contributed by atoms with Gasteiger partial charge in [-0.1, -0.05) is 0 Å². The number of ether oxygens (including phenoxy) is 2. The van der Waals surface area contributed by atoms with Gasteiger partial charge in [0.1, 0.15) is 0 Å². The fourth-order valence-electron chi connectivity index (χ4n) is 1.27. The maximum absolute atomic E-state index is 10.9. The number of hydrogen-bond donors (Lipinski definition) is 2. The predicted octanol–water partition coefficient (Wildman–Crippen LogP) is 1.72. The number of aromatic carboxylic acids is 1. The van der Waals surface area contributed by atoms with Crippen molar-refractivity contribution in [2.75, 3.05) is 31.5 Å². The van der Waals surface area contributed by atoms with Gasteiger partial charge >= 0.3 is 5.97 Å². The van der Waals surface area contributed by atoms with Gasteiger partial charge in [-0.15, -0.1) is 0 Å². The smallest absolute Gasteiger partial charge is 0.337 e. The molecule has 0 heterocycles. The van der Waals surface area contributed by atoms with Crippen molar-refractivity contribution >= 4 is 23.4 Å². The van der Waals surface area contributed by atoms with Crippen molar-refractivity contribution in [3.8, 4) is 11.5 Å². The van der Waals surface area contributed by atoms with Crippen LogP contribution in [0, 0.1) is 0 Å². The summed E-state index contributed by atoms with van der Waals surface area (Å²) in [6.07, 6.45) is 1.96. The summed E-state index contributed by atoms with van der Waals surface area (Å²) < 4.78 is 10.5. The molecule has 0 amide bonds. The number of carbonyl (C=O) groups is 1. The van der Waals surface area contributed by atoms with E-state index in [1.807, 2.05) is 6.26 Å². The zero-order chi connectivity index (χ0) is 12.8. The molecule has 0 aliphatic rings. The summed E-state index contributed by atoms with van der Waals surface area (Å²) in [4.78, 5) is 10.9. The number of carboxylic acid groups (broad SMARTS) is 1. The third kappa shape index (κ3) is 3.45. The lowest BCUT2D eigenvalue weighted by Crippen LogP contribution is -2.06. The molecule has 0 aromatic heterocycles. The SMILES string of the molecule is COc1cc(N)c(C(=O)O)cc1OCCSC. The van der Waals surface area contributed by atoms with E-state index in [-0.39, 0.29) is 11.3 Å². The first-order chi connectivity index (χ1) is 8.10. The van der Waals surface area contributed by atoms with Gasteiger partial charge in [-0.25, -0.2) is 4.79 Å². The molecule has 3 N–H and O–H groups in total. The summed E-state index contributed by atoms with van der Waals surface area (Å²) in [5, 5.41) is 8.94. The molecule has 94 valence electrons. The Morgan fingerprint density at radius 3 is 2.71 bits per heavy atom. The van der Waals surface area contributed by atoms with Gasteiger partial charge in [-0.2, -0.15) is 11.8 Å². The van der Waals surface area contributed by atoms with E-state index in [1.165, 1.54) is 19.2 Å². The van der Waals surface area contributed by atoms with Gasteiger partial charge in [0, 0.05) is 17.9 Å². The maximum Gasteiger partial charge on any atom is 0.337 e. The lowest BCUT2D eigenvalue weighted by molar-refractivity contribution is 0.0697. The molecule has 0 aliphatic heterocycles. The minimum Gasteiger partial charge on any atom is -0.493 e. The van der Waals surface area contributed by atoms with E-state index in [2.05, 4.69) is 0 Å². The summed E-state index contributed by atoms with van der Waals surface area (Å²) in [5.74, 6) is 0.567. The number of carboxylic acids is 1. The van der Waals surface area contributed by atoms with E-state index >= 15 is 0 Å². The molecule has 0 bridgehead atoms. The van der Waals surface area contributed by atoms with Crippen LogP contribution in [0.4, 0.5) is 5.69 Å². The summed E-state index contributed by atoms with van der Waals surface area (Å²) in [6, 6.07) is 2.84. The van der Waals surface area contributed by atoms with Crippen LogP contribution in [0.25, 0.3) is 0 Å². The number of anilines is 1. The lowest BCUT2D eigenvalue weighted by atomic mass is 10.1. The summed E-state index contributed by atoms with van der Waals surface area (Å²) >= 11 is 1.64. The lowest BCUT2D eigenvalue weighted by Gasteiger charge is -2.12. The van der Waals surface area contributed by atoms with Crippen molar-refractivity contribution in [1.82, 2.24) is 0 Å². The average molecular weight is 257 g/mol. The number of benzene rings is 1. The standard InChI is InChI=1S/C11H15NO4S/c1-15-9-6-8(12)7(11(13)14)5-10(9)16-3-4-17-2/h5-6H,3-4,12H2,1-2H3,(H,13,14). The predicted molar refractivity (Wildman–Crippen MR) is 68.2 cm³/mol. The Balaban J connectivity index is 2.99. The first-order valence-electron chi connectivity index (χ1n) is 4.92. The minimum absolute atomic E-state index is 0.0185. The highest BCUT2D eigenvalue weighted by Gasteiger charge is 2.14. The largest absolute Gasteiger partial charge is 0.493 e. The van der Waals surface area contributed by atoms with Crippen LogP contribution in [-0.4, -0.2) is 36.8 Å². The topological polar surface area (TPSA) is 81.8 Å². The molecular formula is C11H15NO4S. The van der Waals surface area contributed by atoms with Crippen LogP contribution in [0.15, 0.2) is 12.1 Å². The molecule has 1 aromatic rings. The molecule has 0 spiro atoms. The molecule has 17 heavy (non-hydrogen) atoms. The highest BCUT2D eigenvalue weighted by molar-refractivity contribution is 7.98. The average Bonchev–Trinajstić information content (AvgIpc) is 2.30. The van der Waals surface area contributed by atoms with Gasteiger partial charge < -0.3 is 20.3 Å². The summed E-state index contributed by atoms with van der Waals surface area (Å²) in [6.45, 7) is 0.487. The van der Waals surface area contributed by atoms with Gasteiger partial charge in [0.2, 0.25) is 0 Å². The first-order valence-corrected chi connectivity index (χ1v) is 6.32. The Morgan fingerprint density at radius 1 is 1.47 bits per heavy atom. The van der Waals surface area contributed by atoms with Crippen LogP contribution in [-0.2, 0) is 0 Å². The molecule has 0 saturated carbocycles. The van der Waals surface area contributed by atoms with Crippen molar-refractivity contribution in [2.45, 2.75) is 0 Å². The van der Waals surface area contributed by atoms with Crippen molar-refractivity contribution in [3.63, 3.8) is 0 Å². The van der Waals surface area contributed by atoms with Gasteiger partial charge in [-0.3, -0.25) is 0 Å². The normalized spacial score (nSPS) is 10.0. The van der Waals surface area contributed by atoms with E-state index in [9.17, 15) is 4.79 Å². The van der Waals surface area contributed by atoms with Crippen LogP contribution in [0.3, 0.4) is 0 Å². The molecule has 0 unspecified atom stereocenters. The molecule has 6 heteroatoms. The van der Waals surface area contributed by atoms with E-state index < -0.39 is 5.97 Å². The zero-order valence-corrected chi connectivity index (χ0v) is 10.5. The Labute approximate surface area is 104 Å². The monoisotopic (exact) mass is 257 g/mol. The van der Waals surface area contributed by atoms with Crippen molar-refractivity contribution < 1.29 is 19.4 Å². The molecule has 0 fully saturated rings. The van der Waals surface area contributed by atoms with E-state index in [0.717, 1.165) is 5.75 Å². The van der Waals surface area contributed by atoms with Crippen molar-refractivity contribution in [2.24, 2.45) is 0 Å². The second kappa shape index (κ2) is 6.24. The van der Waals surface area contributed by atoms with Crippen molar-refractivity contribution in [3.05, 3.63) is 17.7 Å². The minimum atomic E-state index is -1.08. The number of nitrogens with two attached hydrogens (primary N) is 1. The molecule has 0 saturated heterocycles. The number of nitrogen functional groups attached to an aromatic ring is 1. The second-order valence-corrected chi connectivity index (χ2v) is 4.22. The Hall–Kier alpha value is -1.56.